The van der Waals surface area contributed by atoms with Gasteiger partial charge in [0.1, 0.15) is 5.82 Å². The first-order valence-electron chi connectivity index (χ1n) is 9.20. The maximum Gasteiger partial charge on any atom is 0.330 e. The number of rotatable bonds is 4. The number of aromatic amines is 1. The molecule has 0 saturated carbocycles. The minimum Gasteiger partial charge on any atom is -0.378 e. The second kappa shape index (κ2) is 7.31. The standard InChI is InChI=1S/C21H21N5O3/c1-25(2)15-10-8-14(9-11-15)17-16-18(23-20(28)22-17)26(21(29)24-19(16)27)12-13-6-4-3-5-7-13/h3-11,17H,12H2,1-2H3,(H2,22,23,28)(H,24,27,29). The van der Waals surface area contributed by atoms with Crippen molar-refractivity contribution in [3.63, 3.8) is 0 Å². The summed E-state index contributed by atoms with van der Waals surface area (Å²) in [5, 5.41) is 5.43. The number of hydrogen-bond acceptors (Lipinski definition) is 4. The molecule has 8 nitrogen and oxygen atoms in total. The zero-order valence-corrected chi connectivity index (χ0v) is 16.1. The van der Waals surface area contributed by atoms with E-state index in [1.165, 1.54) is 4.57 Å². The molecule has 0 bridgehead atoms. The molecule has 0 saturated heterocycles. The number of H-pyrrole nitrogens is 1. The highest BCUT2D eigenvalue weighted by Gasteiger charge is 2.31. The van der Waals surface area contributed by atoms with Crippen molar-refractivity contribution in [2.24, 2.45) is 0 Å². The quantitative estimate of drug-likeness (QED) is 0.632. The minimum absolute atomic E-state index is 0.216. The van der Waals surface area contributed by atoms with Crippen molar-refractivity contribution in [2.45, 2.75) is 12.6 Å². The molecule has 0 aliphatic carbocycles. The SMILES string of the molecule is CN(C)c1ccc(C2NC(=O)Nc3c2c(=O)[nH]c(=O)n3Cc2ccccc2)cc1. The van der Waals surface area contributed by atoms with Gasteiger partial charge in [0.15, 0.2) is 0 Å². The first kappa shape index (κ1) is 18.5. The highest BCUT2D eigenvalue weighted by molar-refractivity contribution is 5.92. The minimum atomic E-state index is -0.665. The molecule has 2 amide bonds. The Labute approximate surface area is 166 Å². The number of nitrogens with zero attached hydrogens (tertiary/aromatic N) is 2. The molecule has 3 N–H and O–H groups in total. The molecule has 8 heteroatoms. The van der Waals surface area contributed by atoms with Gasteiger partial charge in [0, 0.05) is 19.8 Å². The molecule has 1 atom stereocenters. The van der Waals surface area contributed by atoms with Crippen molar-refractivity contribution in [3.05, 3.63) is 92.1 Å². The van der Waals surface area contributed by atoms with Crippen LogP contribution in [0.1, 0.15) is 22.7 Å². The topological polar surface area (TPSA) is 99.2 Å². The Kier molecular flexibility index (Phi) is 4.67. The molecular weight excluding hydrogens is 370 g/mol. The van der Waals surface area contributed by atoms with Crippen LogP contribution in [-0.2, 0) is 6.54 Å². The zero-order chi connectivity index (χ0) is 20.5. The lowest BCUT2D eigenvalue weighted by atomic mass is 9.98. The van der Waals surface area contributed by atoms with Crippen LogP contribution in [-0.4, -0.2) is 29.7 Å². The number of fused-ring (bicyclic) bond motifs is 1. The van der Waals surface area contributed by atoms with E-state index in [2.05, 4.69) is 15.6 Å². The van der Waals surface area contributed by atoms with E-state index >= 15 is 0 Å². The molecule has 2 aromatic carbocycles. The lowest BCUT2D eigenvalue weighted by Gasteiger charge is -2.29. The van der Waals surface area contributed by atoms with Gasteiger partial charge in [0.2, 0.25) is 0 Å². The lowest BCUT2D eigenvalue weighted by molar-refractivity contribution is 0.248. The normalized spacial score (nSPS) is 15.2. The monoisotopic (exact) mass is 391 g/mol. The molecule has 3 aromatic rings. The second-order valence-corrected chi connectivity index (χ2v) is 7.11. The summed E-state index contributed by atoms with van der Waals surface area (Å²) in [5.41, 5.74) is 1.84. The fourth-order valence-electron chi connectivity index (χ4n) is 3.47. The first-order chi connectivity index (χ1) is 13.9. The number of aromatic nitrogens is 2. The zero-order valence-electron chi connectivity index (χ0n) is 16.1. The summed E-state index contributed by atoms with van der Waals surface area (Å²) >= 11 is 0. The number of carbonyl (C=O) groups excluding carboxylic acids is 1. The second-order valence-electron chi connectivity index (χ2n) is 7.11. The molecule has 1 unspecified atom stereocenters. The van der Waals surface area contributed by atoms with E-state index in [1.54, 1.807) is 0 Å². The van der Waals surface area contributed by atoms with E-state index in [1.807, 2.05) is 73.6 Å². The Hall–Kier alpha value is -3.81. The third kappa shape index (κ3) is 3.52. The lowest BCUT2D eigenvalue weighted by Crippen LogP contribution is -2.46. The smallest absolute Gasteiger partial charge is 0.330 e. The van der Waals surface area contributed by atoms with Crippen molar-refractivity contribution in [2.75, 3.05) is 24.3 Å². The van der Waals surface area contributed by atoms with Crippen LogP contribution >= 0.6 is 0 Å². The molecule has 2 heterocycles. The predicted molar refractivity (Wildman–Crippen MR) is 112 cm³/mol. The summed E-state index contributed by atoms with van der Waals surface area (Å²) in [6.07, 6.45) is 0. The summed E-state index contributed by atoms with van der Waals surface area (Å²) in [6, 6.07) is 15.8. The molecule has 1 aliphatic rings. The highest BCUT2D eigenvalue weighted by atomic mass is 16.2. The van der Waals surface area contributed by atoms with E-state index in [9.17, 15) is 14.4 Å². The summed E-state index contributed by atoms with van der Waals surface area (Å²) < 4.78 is 1.38. The van der Waals surface area contributed by atoms with Crippen LogP contribution in [0.2, 0.25) is 0 Å². The van der Waals surface area contributed by atoms with E-state index in [0.717, 1.165) is 16.8 Å². The number of urea groups is 1. The van der Waals surface area contributed by atoms with Gasteiger partial charge in [-0.15, -0.1) is 0 Å². The summed E-state index contributed by atoms with van der Waals surface area (Å²) in [5.74, 6) is 0.216. The third-order valence-electron chi connectivity index (χ3n) is 4.96. The van der Waals surface area contributed by atoms with Gasteiger partial charge in [-0.05, 0) is 23.3 Å². The number of benzene rings is 2. The summed E-state index contributed by atoms with van der Waals surface area (Å²) in [4.78, 5) is 41.9. The van der Waals surface area contributed by atoms with Crippen LogP contribution < -0.4 is 26.8 Å². The Morgan fingerprint density at radius 2 is 1.66 bits per heavy atom. The van der Waals surface area contributed by atoms with Crippen LogP contribution in [0.25, 0.3) is 0 Å². The highest BCUT2D eigenvalue weighted by Crippen LogP contribution is 2.29. The van der Waals surface area contributed by atoms with Crippen LogP contribution in [0, 0.1) is 0 Å². The Morgan fingerprint density at radius 1 is 0.966 bits per heavy atom. The van der Waals surface area contributed by atoms with Gasteiger partial charge in [-0.1, -0.05) is 42.5 Å². The number of carbonyl (C=O) groups is 1. The van der Waals surface area contributed by atoms with Crippen LogP contribution in [0.5, 0.6) is 0 Å². The average molecular weight is 391 g/mol. The first-order valence-corrected chi connectivity index (χ1v) is 9.20. The van der Waals surface area contributed by atoms with E-state index in [4.69, 9.17) is 0 Å². The molecule has 0 fully saturated rings. The third-order valence-corrected chi connectivity index (χ3v) is 4.96. The van der Waals surface area contributed by atoms with Crippen molar-refractivity contribution >= 4 is 17.5 Å². The Balaban J connectivity index is 1.84. The Bertz CT molecular complexity index is 1160. The maximum absolute atomic E-state index is 12.7. The van der Waals surface area contributed by atoms with Gasteiger partial charge >= 0.3 is 11.7 Å². The van der Waals surface area contributed by atoms with Crippen molar-refractivity contribution in [1.29, 1.82) is 0 Å². The van der Waals surface area contributed by atoms with Gasteiger partial charge in [0.25, 0.3) is 5.56 Å². The van der Waals surface area contributed by atoms with Gasteiger partial charge in [-0.25, -0.2) is 9.59 Å². The van der Waals surface area contributed by atoms with Crippen LogP contribution in [0.4, 0.5) is 16.3 Å². The van der Waals surface area contributed by atoms with E-state index in [0.29, 0.717) is 5.56 Å². The predicted octanol–water partition coefficient (Wildman–Crippen LogP) is 1.88. The maximum atomic E-state index is 12.7. The molecule has 1 aromatic heterocycles. The number of hydrogen-bond donors (Lipinski definition) is 3. The number of amides is 2. The average Bonchev–Trinajstić information content (AvgIpc) is 2.71. The van der Waals surface area contributed by atoms with Crippen molar-refractivity contribution in [3.8, 4) is 0 Å². The van der Waals surface area contributed by atoms with Gasteiger partial charge < -0.3 is 10.2 Å². The molecular formula is C21H21N5O3. The molecule has 148 valence electrons. The van der Waals surface area contributed by atoms with Gasteiger partial charge in [-0.2, -0.15) is 0 Å². The van der Waals surface area contributed by atoms with E-state index in [-0.39, 0.29) is 12.4 Å². The van der Waals surface area contributed by atoms with Crippen molar-refractivity contribution < 1.29 is 4.79 Å². The van der Waals surface area contributed by atoms with Gasteiger partial charge in [-0.3, -0.25) is 19.7 Å². The molecule has 0 radical (unpaired) electrons. The fraction of sp³-hybridized carbons (Fsp3) is 0.190. The van der Waals surface area contributed by atoms with Gasteiger partial charge in [0.05, 0.1) is 18.2 Å². The number of nitrogens with one attached hydrogen (secondary N) is 3. The molecule has 4 rings (SSSR count). The van der Waals surface area contributed by atoms with E-state index < -0.39 is 23.3 Å². The van der Waals surface area contributed by atoms with Crippen LogP contribution in [0.3, 0.4) is 0 Å². The molecule has 29 heavy (non-hydrogen) atoms. The largest absolute Gasteiger partial charge is 0.378 e. The Morgan fingerprint density at radius 3 is 2.31 bits per heavy atom. The number of anilines is 2. The molecule has 1 aliphatic heterocycles. The summed E-state index contributed by atoms with van der Waals surface area (Å²) in [6.45, 7) is 0.228. The van der Waals surface area contributed by atoms with Crippen LogP contribution in [0.15, 0.2) is 64.2 Å². The fourth-order valence-corrected chi connectivity index (χ4v) is 3.47. The summed E-state index contributed by atoms with van der Waals surface area (Å²) in [7, 11) is 3.87. The molecule has 0 spiro atoms. The van der Waals surface area contributed by atoms with Crippen molar-refractivity contribution in [1.82, 2.24) is 14.9 Å².